The second-order valence-corrected chi connectivity index (χ2v) is 6.43. The SMILES string of the molecule is CCNc1ncnc(NCC(CC)(CC)SC)c1Br. The minimum absolute atomic E-state index is 0.267. The molecule has 0 amide bonds. The van der Waals surface area contributed by atoms with Gasteiger partial charge < -0.3 is 10.6 Å². The Kier molecular flexibility index (Phi) is 6.93. The molecule has 6 heteroatoms. The van der Waals surface area contributed by atoms with E-state index in [1.54, 1.807) is 6.33 Å². The van der Waals surface area contributed by atoms with Crippen molar-refractivity contribution >= 4 is 39.3 Å². The summed E-state index contributed by atoms with van der Waals surface area (Å²) in [5.41, 5.74) is 0. The molecular weight excluding hydrogens is 324 g/mol. The van der Waals surface area contributed by atoms with Crippen LogP contribution in [0, 0.1) is 0 Å². The highest BCUT2D eigenvalue weighted by molar-refractivity contribution is 9.10. The molecule has 4 nitrogen and oxygen atoms in total. The summed E-state index contributed by atoms with van der Waals surface area (Å²) in [5, 5.41) is 6.66. The average molecular weight is 347 g/mol. The second kappa shape index (κ2) is 7.94. The maximum atomic E-state index is 4.31. The van der Waals surface area contributed by atoms with Gasteiger partial charge in [-0.25, -0.2) is 9.97 Å². The van der Waals surface area contributed by atoms with E-state index >= 15 is 0 Å². The summed E-state index contributed by atoms with van der Waals surface area (Å²) in [4.78, 5) is 8.53. The number of thioether (sulfide) groups is 1. The molecule has 0 spiro atoms. The lowest BCUT2D eigenvalue weighted by molar-refractivity contribution is 0.573. The number of halogens is 1. The Bertz CT molecular complexity index is 388. The van der Waals surface area contributed by atoms with Crippen molar-refractivity contribution in [1.29, 1.82) is 0 Å². The molecule has 0 aliphatic heterocycles. The van der Waals surface area contributed by atoms with E-state index in [0.29, 0.717) is 0 Å². The topological polar surface area (TPSA) is 49.8 Å². The molecule has 19 heavy (non-hydrogen) atoms. The van der Waals surface area contributed by atoms with E-state index in [1.165, 1.54) is 0 Å². The smallest absolute Gasteiger partial charge is 0.145 e. The lowest BCUT2D eigenvalue weighted by atomic mass is 10.0. The Labute approximate surface area is 128 Å². The van der Waals surface area contributed by atoms with Gasteiger partial charge in [0.2, 0.25) is 0 Å². The molecule has 0 unspecified atom stereocenters. The molecule has 0 aliphatic carbocycles. The minimum atomic E-state index is 0.267. The molecule has 0 bridgehead atoms. The largest absolute Gasteiger partial charge is 0.369 e. The number of hydrogen-bond donors (Lipinski definition) is 2. The molecule has 1 aromatic heterocycles. The summed E-state index contributed by atoms with van der Waals surface area (Å²) in [6.07, 6.45) is 6.04. The number of hydrogen-bond acceptors (Lipinski definition) is 5. The first-order valence-electron chi connectivity index (χ1n) is 6.65. The number of nitrogens with one attached hydrogen (secondary N) is 2. The van der Waals surface area contributed by atoms with Crippen LogP contribution in [-0.4, -0.2) is 34.1 Å². The fourth-order valence-electron chi connectivity index (χ4n) is 1.89. The molecule has 1 aromatic rings. The Balaban J connectivity index is 2.80. The zero-order valence-electron chi connectivity index (χ0n) is 12.1. The molecule has 0 atom stereocenters. The first-order chi connectivity index (χ1) is 9.12. The summed E-state index contributed by atoms with van der Waals surface area (Å²) in [7, 11) is 0. The fraction of sp³-hybridized carbons (Fsp3) is 0.692. The van der Waals surface area contributed by atoms with Crippen LogP contribution in [0.2, 0.25) is 0 Å². The Morgan fingerprint density at radius 3 is 2.21 bits per heavy atom. The van der Waals surface area contributed by atoms with Crippen molar-refractivity contribution in [3.05, 3.63) is 10.8 Å². The highest BCUT2D eigenvalue weighted by atomic mass is 79.9. The van der Waals surface area contributed by atoms with E-state index in [-0.39, 0.29) is 4.75 Å². The number of anilines is 2. The van der Waals surface area contributed by atoms with Gasteiger partial charge in [0.1, 0.15) is 22.4 Å². The van der Waals surface area contributed by atoms with Gasteiger partial charge in [0.25, 0.3) is 0 Å². The summed E-state index contributed by atoms with van der Waals surface area (Å²) in [5.74, 6) is 1.69. The van der Waals surface area contributed by atoms with Gasteiger partial charge in [-0.3, -0.25) is 0 Å². The molecule has 1 heterocycles. The third-order valence-corrected chi connectivity index (χ3v) is 5.77. The van der Waals surface area contributed by atoms with E-state index in [9.17, 15) is 0 Å². The van der Waals surface area contributed by atoms with Crippen LogP contribution in [0.5, 0.6) is 0 Å². The molecule has 108 valence electrons. The van der Waals surface area contributed by atoms with Crippen LogP contribution in [0.15, 0.2) is 10.8 Å². The van der Waals surface area contributed by atoms with Gasteiger partial charge in [-0.1, -0.05) is 13.8 Å². The van der Waals surface area contributed by atoms with Crippen molar-refractivity contribution in [2.24, 2.45) is 0 Å². The van der Waals surface area contributed by atoms with Crippen molar-refractivity contribution < 1.29 is 0 Å². The minimum Gasteiger partial charge on any atom is -0.369 e. The maximum Gasteiger partial charge on any atom is 0.145 e. The van der Waals surface area contributed by atoms with Crippen molar-refractivity contribution in [2.75, 3.05) is 30.0 Å². The van der Waals surface area contributed by atoms with Crippen LogP contribution < -0.4 is 10.6 Å². The maximum absolute atomic E-state index is 4.31. The van der Waals surface area contributed by atoms with Crippen molar-refractivity contribution in [2.45, 2.75) is 38.4 Å². The molecule has 0 saturated heterocycles. The molecule has 0 radical (unpaired) electrons. The third kappa shape index (κ3) is 4.24. The molecular formula is C13H23BrN4S. The Morgan fingerprint density at radius 1 is 1.16 bits per heavy atom. The quantitative estimate of drug-likeness (QED) is 0.744. The highest BCUT2D eigenvalue weighted by Gasteiger charge is 2.25. The van der Waals surface area contributed by atoms with Crippen LogP contribution in [0.4, 0.5) is 11.6 Å². The van der Waals surface area contributed by atoms with Gasteiger partial charge in [0.15, 0.2) is 0 Å². The number of aromatic nitrogens is 2. The zero-order valence-corrected chi connectivity index (χ0v) is 14.5. The van der Waals surface area contributed by atoms with Gasteiger partial charge in [-0.2, -0.15) is 11.8 Å². The predicted molar refractivity (Wildman–Crippen MR) is 89.2 cm³/mol. The lowest BCUT2D eigenvalue weighted by Crippen LogP contribution is -2.32. The zero-order chi connectivity index (χ0) is 14.3. The van der Waals surface area contributed by atoms with Crippen LogP contribution in [-0.2, 0) is 0 Å². The summed E-state index contributed by atoms with van der Waals surface area (Å²) in [6.45, 7) is 8.27. The van der Waals surface area contributed by atoms with Crippen molar-refractivity contribution in [3.63, 3.8) is 0 Å². The number of nitrogens with zero attached hydrogens (tertiary/aromatic N) is 2. The summed E-state index contributed by atoms with van der Waals surface area (Å²) >= 11 is 5.48. The summed E-state index contributed by atoms with van der Waals surface area (Å²) in [6, 6.07) is 0. The highest BCUT2D eigenvalue weighted by Crippen LogP contribution is 2.32. The van der Waals surface area contributed by atoms with Gasteiger partial charge in [0, 0.05) is 17.8 Å². The van der Waals surface area contributed by atoms with E-state index in [4.69, 9.17) is 0 Å². The molecule has 0 fully saturated rings. The van der Waals surface area contributed by atoms with Gasteiger partial charge >= 0.3 is 0 Å². The first-order valence-corrected chi connectivity index (χ1v) is 8.67. The van der Waals surface area contributed by atoms with Crippen LogP contribution >= 0.6 is 27.7 Å². The Hall–Kier alpha value is -0.490. The average Bonchev–Trinajstić information content (AvgIpc) is 2.45. The van der Waals surface area contributed by atoms with Gasteiger partial charge in [0.05, 0.1) is 0 Å². The predicted octanol–water partition coefficient (Wildman–Crippen LogP) is 4.00. The fourth-order valence-corrected chi connectivity index (χ4v) is 3.17. The molecule has 0 aromatic carbocycles. The monoisotopic (exact) mass is 346 g/mol. The molecule has 0 aliphatic rings. The molecule has 1 rings (SSSR count). The molecule has 0 saturated carbocycles. The van der Waals surface area contributed by atoms with Gasteiger partial charge in [-0.15, -0.1) is 0 Å². The van der Waals surface area contributed by atoms with E-state index in [2.05, 4.69) is 63.6 Å². The van der Waals surface area contributed by atoms with Gasteiger partial charge in [-0.05, 0) is 42.0 Å². The summed E-state index contributed by atoms with van der Waals surface area (Å²) < 4.78 is 1.17. The number of rotatable bonds is 8. The normalized spacial score (nSPS) is 11.4. The van der Waals surface area contributed by atoms with E-state index in [0.717, 1.165) is 42.0 Å². The van der Waals surface area contributed by atoms with Crippen molar-refractivity contribution in [3.8, 4) is 0 Å². The standard InChI is InChI=1S/C13H23BrN4S/c1-5-13(6-2,19-4)8-16-12-10(14)11(15-7-3)17-9-18-12/h9H,5-8H2,1-4H3,(H2,15,16,17,18). The van der Waals surface area contributed by atoms with Crippen molar-refractivity contribution in [1.82, 2.24) is 9.97 Å². The third-order valence-electron chi connectivity index (χ3n) is 3.43. The van der Waals surface area contributed by atoms with Crippen LogP contribution in [0.1, 0.15) is 33.6 Å². The second-order valence-electron chi connectivity index (χ2n) is 4.36. The first kappa shape index (κ1) is 16.6. The Morgan fingerprint density at radius 2 is 1.74 bits per heavy atom. The van der Waals surface area contributed by atoms with E-state index in [1.807, 2.05) is 11.8 Å². The molecule has 2 N–H and O–H groups in total. The lowest BCUT2D eigenvalue weighted by Gasteiger charge is -2.30. The van der Waals surface area contributed by atoms with Crippen LogP contribution in [0.25, 0.3) is 0 Å². The van der Waals surface area contributed by atoms with Crippen LogP contribution in [0.3, 0.4) is 0 Å². The van der Waals surface area contributed by atoms with E-state index < -0.39 is 0 Å².